The summed E-state index contributed by atoms with van der Waals surface area (Å²) in [6.45, 7) is 1.62. The van der Waals surface area contributed by atoms with Gasteiger partial charge in [0.05, 0.1) is 35.6 Å². The van der Waals surface area contributed by atoms with Crippen molar-refractivity contribution in [3.63, 3.8) is 0 Å². The van der Waals surface area contributed by atoms with Gasteiger partial charge in [0, 0.05) is 37.1 Å². The van der Waals surface area contributed by atoms with Crippen LogP contribution in [0, 0.1) is 0 Å². The number of nitrogens with zero attached hydrogens (tertiary/aromatic N) is 3. The first-order chi connectivity index (χ1) is 14.8. The molecule has 1 aromatic heterocycles. The van der Waals surface area contributed by atoms with Crippen molar-refractivity contribution in [2.75, 3.05) is 26.3 Å². The summed E-state index contributed by atoms with van der Waals surface area (Å²) in [5, 5.41) is 4.58. The molecule has 31 heavy (non-hydrogen) atoms. The lowest BCUT2D eigenvalue weighted by molar-refractivity contribution is -0.0448. The average molecular weight is 451 g/mol. The van der Waals surface area contributed by atoms with Crippen LogP contribution in [-0.4, -0.2) is 61.2 Å². The Morgan fingerprint density at radius 3 is 2.52 bits per heavy atom. The molecule has 0 radical (unpaired) electrons. The molecule has 1 saturated heterocycles. The summed E-state index contributed by atoms with van der Waals surface area (Å²) in [4.78, 5) is 15.1. The number of carbonyl (C=O) groups is 1. The number of sulfone groups is 1. The average Bonchev–Trinajstić information content (AvgIpc) is 3.12. The maximum Gasteiger partial charge on any atom is 0.274 e. The zero-order valence-corrected chi connectivity index (χ0v) is 17.7. The van der Waals surface area contributed by atoms with Crippen molar-refractivity contribution >= 4 is 15.7 Å². The summed E-state index contributed by atoms with van der Waals surface area (Å²) in [6, 6.07) is 6.32. The minimum atomic E-state index is -3.65. The van der Waals surface area contributed by atoms with Crippen LogP contribution in [0.4, 0.5) is 8.78 Å². The van der Waals surface area contributed by atoms with Gasteiger partial charge in [0.2, 0.25) is 5.92 Å². The number of benzene rings is 1. The van der Waals surface area contributed by atoms with E-state index in [4.69, 9.17) is 4.74 Å². The third kappa shape index (κ3) is 3.55. The molecule has 2 fully saturated rings. The molecule has 3 aliphatic rings. The van der Waals surface area contributed by atoms with E-state index in [1.807, 2.05) is 0 Å². The molecule has 0 unspecified atom stereocenters. The highest BCUT2D eigenvalue weighted by atomic mass is 32.2. The Kier molecular flexibility index (Phi) is 4.89. The van der Waals surface area contributed by atoms with Crippen LogP contribution in [0.25, 0.3) is 11.3 Å². The van der Waals surface area contributed by atoms with Gasteiger partial charge >= 0.3 is 0 Å². The maximum atomic E-state index is 13.8. The Hall–Kier alpha value is -2.33. The molecule has 0 bridgehead atoms. The van der Waals surface area contributed by atoms with E-state index in [-0.39, 0.29) is 54.0 Å². The highest BCUT2D eigenvalue weighted by Gasteiger charge is 2.41. The molecule has 2 aromatic rings. The number of rotatable bonds is 2. The Morgan fingerprint density at radius 2 is 1.81 bits per heavy atom. The van der Waals surface area contributed by atoms with E-state index in [1.165, 1.54) is 0 Å². The fraction of sp³-hybridized carbons (Fsp3) is 0.524. The molecule has 0 atom stereocenters. The zero-order chi connectivity index (χ0) is 21.8. The molecule has 0 N–H and O–H groups in total. The third-order valence-electron chi connectivity index (χ3n) is 6.35. The maximum absolute atomic E-state index is 13.8. The molecular weight excluding hydrogens is 428 g/mol. The lowest BCUT2D eigenvalue weighted by Gasteiger charge is -2.30. The van der Waals surface area contributed by atoms with Crippen LogP contribution in [0.5, 0.6) is 0 Å². The van der Waals surface area contributed by atoms with Crippen LogP contribution < -0.4 is 0 Å². The molecular formula is C21H23F2N3O4S. The molecule has 7 nitrogen and oxygen atoms in total. The minimum Gasteiger partial charge on any atom is -0.378 e. The summed E-state index contributed by atoms with van der Waals surface area (Å²) in [5.41, 5.74) is 1.52. The highest BCUT2D eigenvalue weighted by Crippen LogP contribution is 2.44. The van der Waals surface area contributed by atoms with Crippen molar-refractivity contribution in [3.8, 4) is 11.3 Å². The van der Waals surface area contributed by atoms with Gasteiger partial charge in [-0.2, -0.15) is 5.10 Å². The fourth-order valence-corrected chi connectivity index (χ4v) is 6.31. The second-order valence-electron chi connectivity index (χ2n) is 8.37. The summed E-state index contributed by atoms with van der Waals surface area (Å²) in [5.74, 6) is -3.36. The van der Waals surface area contributed by atoms with Gasteiger partial charge in [-0.3, -0.25) is 9.48 Å². The van der Waals surface area contributed by atoms with Gasteiger partial charge in [-0.25, -0.2) is 17.2 Å². The summed E-state index contributed by atoms with van der Waals surface area (Å²) < 4.78 is 60.4. The van der Waals surface area contributed by atoms with Crippen molar-refractivity contribution in [2.45, 2.75) is 48.3 Å². The summed E-state index contributed by atoms with van der Waals surface area (Å²) >= 11 is 0. The molecule has 3 heterocycles. The monoisotopic (exact) mass is 451 g/mol. The number of alkyl halides is 2. The van der Waals surface area contributed by atoms with E-state index in [2.05, 4.69) is 5.10 Å². The van der Waals surface area contributed by atoms with Gasteiger partial charge in [-0.15, -0.1) is 0 Å². The molecule has 166 valence electrons. The number of hydrogen-bond acceptors (Lipinski definition) is 5. The smallest absolute Gasteiger partial charge is 0.274 e. The predicted octanol–water partition coefficient (Wildman–Crippen LogP) is 3.06. The number of amides is 1. The van der Waals surface area contributed by atoms with Crippen molar-refractivity contribution in [2.24, 2.45) is 0 Å². The quantitative estimate of drug-likeness (QED) is 0.701. The molecule has 5 rings (SSSR count). The number of fused-ring (bicyclic) bond motifs is 3. The normalized spacial score (nSPS) is 22.6. The first-order valence-corrected chi connectivity index (χ1v) is 12.1. The highest BCUT2D eigenvalue weighted by molar-refractivity contribution is 7.90. The van der Waals surface area contributed by atoms with Crippen molar-refractivity contribution in [1.82, 2.24) is 14.7 Å². The van der Waals surface area contributed by atoms with Crippen LogP contribution in [0.15, 0.2) is 29.2 Å². The number of morpholine rings is 1. The minimum absolute atomic E-state index is 0.104. The van der Waals surface area contributed by atoms with Gasteiger partial charge in [0.1, 0.15) is 0 Å². The Morgan fingerprint density at radius 1 is 1.13 bits per heavy atom. The fourth-order valence-electron chi connectivity index (χ4n) is 4.71. The first-order valence-electron chi connectivity index (χ1n) is 10.5. The number of hydrogen-bond donors (Lipinski definition) is 0. The summed E-state index contributed by atoms with van der Waals surface area (Å²) in [7, 11) is -3.65. The van der Waals surface area contributed by atoms with E-state index in [0.717, 1.165) is 0 Å². The number of halogens is 2. The van der Waals surface area contributed by atoms with Crippen molar-refractivity contribution < 1.29 is 26.7 Å². The second-order valence-corrected chi connectivity index (χ2v) is 10.3. The SMILES string of the molecule is O=C(c1nn(C2CCC(F)(F)CC2)c2c1CS(=O)(=O)c1ccccc1-2)N1CCOCC1. The van der Waals surface area contributed by atoms with E-state index >= 15 is 0 Å². The molecule has 1 aliphatic carbocycles. The lowest BCUT2D eigenvalue weighted by atomic mass is 9.92. The molecule has 1 saturated carbocycles. The van der Waals surface area contributed by atoms with Gasteiger partial charge in [-0.05, 0) is 18.9 Å². The Labute approximate surface area is 178 Å². The molecule has 2 aliphatic heterocycles. The second kappa shape index (κ2) is 7.37. The van der Waals surface area contributed by atoms with Crippen molar-refractivity contribution in [3.05, 3.63) is 35.5 Å². The standard InChI is InChI=1S/C21H23F2N3O4S/c22-21(23)7-5-14(6-8-21)26-19-15-3-1-2-4-17(15)31(28,29)13-16(19)18(24-26)20(27)25-9-11-30-12-10-25/h1-4,14H,5-13H2. The van der Waals surface area contributed by atoms with Gasteiger partial charge in [0.15, 0.2) is 15.5 Å². The zero-order valence-electron chi connectivity index (χ0n) is 16.9. The van der Waals surface area contributed by atoms with Crippen LogP contribution >= 0.6 is 0 Å². The molecule has 1 aromatic carbocycles. The first kappa shape index (κ1) is 20.6. The third-order valence-corrected chi connectivity index (χ3v) is 8.05. The van der Waals surface area contributed by atoms with Crippen LogP contribution in [0.3, 0.4) is 0 Å². The molecule has 1 amide bonds. The van der Waals surface area contributed by atoms with Crippen LogP contribution in [0.2, 0.25) is 0 Å². The lowest BCUT2D eigenvalue weighted by Crippen LogP contribution is -2.41. The molecule has 10 heteroatoms. The Balaban J connectivity index is 1.65. The number of aromatic nitrogens is 2. The van der Waals surface area contributed by atoms with Gasteiger partial charge < -0.3 is 9.64 Å². The number of ether oxygens (including phenoxy) is 1. The number of carbonyl (C=O) groups excluding carboxylic acids is 1. The summed E-state index contributed by atoms with van der Waals surface area (Å²) in [6.07, 6.45) is -0.0551. The van der Waals surface area contributed by atoms with Crippen molar-refractivity contribution in [1.29, 1.82) is 0 Å². The van der Waals surface area contributed by atoms with Crippen LogP contribution in [0.1, 0.15) is 47.8 Å². The van der Waals surface area contributed by atoms with E-state index in [9.17, 15) is 22.0 Å². The molecule has 0 spiro atoms. The predicted molar refractivity (Wildman–Crippen MR) is 108 cm³/mol. The topological polar surface area (TPSA) is 81.5 Å². The van der Waals surface area contributed by atoms with Gasteiger partial charge in [0.25, 0.3) is 5.91 Å². The van der Waals surface area contributed by atoms with Crippen LogP contribution in [-0.2, 0) is 20.3 Å². The van der Waals surface area contributed by atoms with Gasteiger partial charge in [-0.1, -0.05) is 18.2 Å². The van der Waals surface area contributed by atoms with E-state index in [0.29, 0.717) is 43.1 Å². The van der Waals surface area contributed by atoms with E-state index in [1.54, 1.807) is 33.8 Å². The van der Waals surface area contributed by atoms with E-state index < -0.39 is 15.8 Å². The Bertz CT molecular complexity index is 1130. The largest absolute Gasteiger partial charge is 0.378 e.